The highest BCUT2D eigenvalue weighted by Gasteiger charge is 2.16. The van der Waals surface area contributed by atoms with Crippen LogP contribution in [0.4, 0.5) is 0 Å². The van der Waals surface area contributed by atoms with Crippen LogP contribution in [0.3, 0.4) is 0 Å². The van der Waals surface area contributed by atoms with Gasteiger partial charge in [-0.3, -0.25) is 0 Å². The zero-order valence-electron chi connectivity index (χ0n) is 6.54. The molecule has 0 aliphatic carbocycles. The van der Waals surface area contributed by atoms with E-state index in [1.807, 2.05) is 0 Å². The van der Waals surface area contributed by atoms with Crippen LogP contribution < -0.4 is 0 Å². The van der Waals surface area contributed by atoms with Gasteiger partial charge in [-0.05, 0) is 13.3 Å². The van der Waals surface area contributed by atoms with Crippen molar-refractivity contribution in [1.82, 2.24) is 0 Å². The number of carbonyl (C=O) groups excluding carboxylic acids is 1. The fourth-order valence-corrected chi connectivity index (χ4v) is 0.884. The van der Waals surface area contributed by atoms with Gasteiger partial charge in [-0.2, -0.15) is 0 Å². The van der Waals surface area contributed by atoms with Gasteiger partial charge in [0.05, 0.1) is 0 Å². The molecule has 0 amide bonds. The lowest BCUT2D eigenvalue weighted by atomic mass is 10.2. The summed E-state index contributed by atoms with van der Waals surface area (Å²) in [5.41, 5.74) is 0. The van der Waals surface area contributed by atoms with E-state index in [1.165, 1.54) is 0 Å². The molecule has 1 atom stereocenters. The van der Waals surface area contributed by atoms with E-state index in [2.05, 4.69) is 4.89 Å². The lowest BCUT2D eigenvalue weighted by molar-refractivity contribution is -0.277. The lowest BCUT2D eigenvalue weighted by Gasteiger charge is -2.03. The Morgan fingerprint density at radius 1 is 1.64 bits per heavy atom. The maximum atomic E-state index is 10.5. The van der Waals surface area contributed by atoms with E-state index in [9.17, 15) is 4.79 Å². The van der Waals surface area contributed by atoms with Crippen LogP contribution in [0.15, 0.2) is 0 Å². The molecule has 0 bridgehead atoms. The third kappa shape index (κ3) is 3.46. The Bertz CT molecular complexity index is 128. The van der Waals surface area contributed by atoms with E-state index in [0.29, 0.717) is 6.42 Å². The summed E-state index contributed by atoms with van der Waals surface area (Å²) in [5, 5.41) is 0. The third-order valence-electron chi connectivity index (χ3n) is 1.45. The van der Waals surface area contributed by atoms with Crippen LogP contribution >= 0.6 is 0 Å². The summed E-state index contributed by atoms with van der Waals surface area (Å²) in [6, 6.07) is 0. The van der Waals surface area contributed by atoms with Gasteiger partial charge in [0, 0.05) is 12.8 Å². The minimum absolute atomic E-state index is 0.198. The van der Waals surface area contributed by atoms with Gasteiger partial charge in [0.2, 0.25) is 0 Å². The molecule has 4 nitrogen and oxygen atoms in total. The van der Waals surface area contributed by atoms with Crippen LogP contribution in [0.5, 0.6) is 0 Å². The molecule has 11 heavy (non-hydrogen) atoms. The van der Waals surface area contributed by atoms with Crippen molar-refractivity contribution in [2.75, 3.05) is 6.79 Å². The molecule has 0 spiro atoms. The highest BCUT2D eigenvalue weighted by molar-refractivity contribution is 5.75. The third-order valence-corrected chi connectivity index (χ3v) is 1.45. The first-order chi connectivity index (χ1) is 5.29. The number of ketones is 1. The monoisotopic (exact) mass is 160 g/mol. The van der Waals surface area contributed by atoms with Crippen LogP contribution in [0.1, 0.15) is 26.2 Å². The Morgan fingerprint density at radius 3 is 3.00 bits per heavy atom. The Hall–Kier alpha value is -0.450. The summed E-state index contributed by atoms with van der Waals surface area (Å²) in [4.78, 5) is 19.7. The molecule has 4 heteroatoms. The van der Waals surface area contributed by atoms with Crippen LogP contribution in [0.2, 0.25) is 0 Å². The van der Waals surface area contributed by atoms with E-state index < -0.39 is 0 Å². The first kappa shape index (κ1) is 8.64. The molecule has 1 fully saturated rings. The summed E-state index contributed by atoms with van der Waals surface area (Å²) in [7, 11) is 0. The number of carbonyl (C=O) groups is 1. The standard InChI is InChI=1S/C7H12O4/c1-6(8)3-2-4-7-9-5-10-11-7/h7H,2-5H2,1H3/t7-/m1/s1. The van der Waals surface area contributed by atoms with Crippen molar-refractivity contribution >= 4 is 5.78 Å². The molecule has 1 heterocycles. The first-order valence-electron chi connectivity index (χ1n) is 3.68. The highest BCUT2D eigenvalue weighted by atomic mass is 17.3. The molecule has 1 saturated heterocycles. The van der Waals surface area contributed by atoms with E-state index >= 15 is 0 Å². The normalized spacial score (nSPS) is 23.9. The summed E-state index contributed by atoms with van der Waals surface area (Å²) in [6.07, 6.45) is 1.83. The molecule has 0 aromatic carbocycles. The van der Waals surface area contributed by atoms with Crippen LogP contribution in [-0.2, 0) is 19.3 Å². The van der Waals surface area contributed by atoms with E-state index in [4.69, 9.17) is 9.62 Å². The van der Waals surface area contributed by atoms with Crippen LogP contribution in [0.25, 0.3) is 0 Å². The molecule has 64 valence electrons. The van der Waals surface area contributed by atoms with Crippen molar-refractivity contribution in [2.24, 2.45) is 0 Å². The van der Waals surface area contributed by atoms with Gasteiger partial charge >= 0.3 is 0 Å². The molecule has 0 aromatic rings. The largest absolute Gasteiger partial charge is 0.320 e. The van der Waals surface area contributed by atoms with Gasteiger partial charge in [0.15, 0.2) is 13.1 Å². The van der Waals surface area contributed by atoms with Gasteiger partial charge in [-0.15, -0.1) is 0 Å². The van der Waals surface area contributed by atoms with Crippen molar-refractivity contribution in [3.63, 3.8) is 0 Å². The molecule has 1 aliphatic rings. The van der Waals surface area contributed by atoms with Crippen molar-refractivity contribution in [3.05, 3.63) is 0 Å². The number of Topliss-reactive ketones (excluding diaryl/α,β-unsaturated/α-hetero) is 1. The Labute approximate surface area is 65.4 Å². The zero-order chi connectivity index (χ0) is 8.10. The van der Waals surface area contributed by atoms with Gasteiger partial charge in [-0.1, -0.05) is 0 Å². The van der Waals surface area contributed by atoms with Crippen molar-refractivity contribution < 1.29 is 19.3 Å². The number of hydrogen-bond acceptors (Lipinski definition) is 4. The second-order valence-corrected chi connectivity index (χ2v) is 2.52. The average molecular weight is 160 g/mol. The lowest BCUT2D eigenvalue weighted by Crippen LogP contribution is -2.07. The van der Waals surface area contributed by atoms with Crippen LogP contribution in [0, 0.1) is 0 Å². The predicted molar refractivity (Wildman–Crippen MR) is 36.4 cm³/mol. The topological polar surface area (TPSA) is 44.8 Å². The highest BCUT2D eigenvalue weighted by Crippen LogP contribution is 2.12. The van der Waals surface area contributed by atoms with Crippen molar-refractivity contribution in [2.45, 2.75) is 32.5 Å². The molecule has 0 saturated carbocycles. The first-order valence-corrected chi connectivity index (χ1v) is 3.68. The molecule has 1 aliphatic heterocycles. The second-order valence-electron chi connectivity index (χ2n) is 2.52. The van der Waals surface area contributed by atoms with Gasteiger partial charge in [0.25, 0.3) is 0 Å². The Kier molecular flexibility index (Phi) is 3.48. The van der Waals surface area contributed by atoms with Gasteiger partial charge < -0.3 is 9.53 Å². The number of ether oxygens (including phenoxy) is 1. The Morgan fingerprint density at radius 2 is 2.45 bits per heavy atom. The quantitative estimate of drug-likeness (QED) is 0.576. The summed E-state index contributed by atoms with van der Waals surface area (Å²) in [5.74, 6) is 0.198. The maximum Gasteiger partial charge on any atom is 0.194 e. The minimum atomic E-state index is -0.269. The maximum absolute atomic E-state index is 10.5. The average Bonchev–Trinajstić information content (AvgIpc) is 2.39. The fourth-order valence-electron chi connectivity index (χ4n) is 0.884. The van der Waals surface area contributed by atoms with Gasteiger partial charge in [-0.25, -0.2) is 9.78 Å². The molecule has 0 N–H and O–H groups in total. The molecule has 0 radical (unpaired) electrons. The molecule has 0 unspecified atom stereocenters. The van der Waals surface area contributed by atoms with E-state index in [-0.39, 0.29) is 18.9 Å². The smallest absolute Gasteiger partial charge is 0.194 e. The van der Waals surface area contributed by atoms with Crippen molar-refractivity contribution in [3.8, 4) is 0 Å². The van der Waals surface area contributed by atoms with E-state index in [0.717, 1.165) is 12.8 Å². The van der Waals surface area contributed by atoms with Crippen molar-refractivity contribution in [1.29, 1.82) is 0 Å². The minimum Gasteiger partial charge on any atom is -0.320 e. The Balaban J connectivity index is 1.98. The zero-order valence-corrected chi connectivity index (χ0v) is 6.54. The SMILES string of the molecule is CC(=O)CCC[C@@H]1OCOO1. The summed E-state index contributed by atoms with van der Waals surface area (Å²) in [6.45, 7) is 1.78. The van der Waals surface area contributed by atoms with Crippen LogP contribution in [-0.4, -0.2) is 18.9 Å². The molecular weight excluding hydrogens is 148 g/mol. The van der Waals surface area contributed by atoms with Gasteiger partial charge in [0.1, 0.15) is 5.78 Å². The molecule has 0 aromatic heterocycles. The number of rotatable bonds is 4. The predicted octanol–water partition coefficient (Wildman–Crippen LogP) is 1.01. The molecule has 1 rings (SSSR count). The summed E-state index contributed by atoms with van der Waals surface area (Å²) < 4.78 is 4.98. The second kappa shape index (κ2) is 4.43. The fraction of sp³-hybridized carbons (Fsp3) is 0.857. The summed E-state index contributed by atoms with van der Waals surface area (Å²) >= 11 is 0. The number of hydrogen-bond donors (Lipinski definition) is 0. The van der Waals surface area contributed by atoms with E-state index in [1.54, 1.807) is 6.92 Å². The molecular formula is C7H12O4.